The maximum absolute atomic E-state index is 14.6. The van der Waals surface area contributed by atoms with Crippen molar-refractivity contribution in [2.45, 2.75) is 154 Å². The Hall–Kier alpha value is -4.67. The fourth-order valence-corrected chi connectivity index (χ4v) is 9.90. The standard InChI is InChI=1S/C49H76N6O10/c1-10-33(4)43(38(64-8)31-41(58)54-29-18-22-37(54)44(65-9)34(5)45(59)50-36(47(61)62)30-35-20-14-13-15-21-35)52(7)46(60)42(32(2)3)51-48(63)49(6)25-19-27-53(49)26-16-11-12-17-28-55-39(56)23-24-40(55)57/h13-15,20-21,23-24,32-34,36-38,42-44H,10-12,16-19,22,25-31H2,1-9H3,(H,50,59)(H,51,63)(H,61,62)/t33-,34+,36-,37-,38+,42-,43-,44+,49-/m0/s1. The second-order valence-electron chi connectivity index (χ2n) is 18.8. The molecule has 3 N–H and O–H groups in total. The maximum atomic E-state index is 14.6. The largest absolute Gasteiger partial charge is 0.480 e. The van der Waals surface area contributed by atoms with Crippen molar-refractivity contribution < 1.29 is 48.1 Å². The lowest BCUT2D eigenvalue weighted by Gasteiger charge is -2.41. The molecule has 0 aliphatic carbocycles. The van der Waals surface area contributed by atoms with Gasteiger partial charge in [0.1, 0.15) is 12.1 Å². The summed E-state index contributed by atoms with van der Waals surface area (Å²) in [4.78, 5) is 99.5. The number of likely N-dealkylation sites (tertiary alicyclic amines) is 2. The van der Waals surface area contributed by atoms with Crippen molar-refractivity contribution in [3.63, 3.8) is 0 Å². The molecule has 0 unspecified atom stereocenters. The minimum absolute atomic E-state index is 0.0355. The normalized spacial score (nSPS) is 22.1. The number of aliphatic carboxylic acids is 1. The molecule has 65 heavy (non-hydrogen) atoms. The van der Waals surface area contributed by atoms with E-state index in [1.165, 1.54) is 31.3 Å². The summed E-state index contributed by atoms with van der Waals surface area (Å²) in [6, 6.07) is 6.15. The van der Waals surface area contributed by atoms with Crippen molar-refractivity contribution >= 4 is 41.4 Å². The Labute approximate surface area is 386 Å². The number of likely N-dealkylation sites (N-methyl/N-ethyl adjacent to an activating group) is 1. The van der Waals surface area contributed by atoms with Gasteiger partial charge in [-0.15, -0.1) is 0 Å². The molecule has 362 valence electrons. The monoisotopic (exact) mass is 909 g/mol. The number of nitrogens with one attached hydrogen (secondary N) is 2. The molecule has 16 heteroatoms. The van der Waals surface area contributed by atoms with Crippen LogP contribution in [0.1, 0.15) is 111 Å². The van der Waals surface area contributed by atoms with Gasteiger partial charge in [-0.3, -0.25) is 38.6 Å². The van der Waals surface area contributed by atoms with Crippen molar-refractivity contribution in [2.24, 2.45) is 17.8 Å². The molecule has 9 atom stereocenters. The van der Waals surface area contributed by atoms with Gasteiger partial charge in [-0.25, -0.2) is 4.79 Å². The highest BCUT2D eigenvalue weighted by Gasteiger charge is 2.46. The maximum Gasteiger partial charge on any atom is 0.326 e. The van der Waals surface area contributed by atoms with Crippen molar-refractivity contribution in [1.29, 1.82) is 0 Å². The Morgan fingerprint density at radius 3 is 2.12 bits per heavy atom. The first-order chi connectivity index (χ1) is 30.9. The van der Waals surface area contributed by atoms with E-state index in [-0.39, 0.29) is 54.2 Å². The van der Waals surface area contributed by atoms with E-state index in [0.717, 1.165) is 44.2 Å². The van der Waals surface area contributed by atoms with Crippen LogP contribution in [0.2, 0.25) is 0 Å². The van der Waals surface area contributed by atoms with E-state index in [1.54, 1.807) is 23.8 Å². The summed E-state index contributed by atoms with van der Waals surface area (Å²) in [5.74, 6) is -3.92. The summed E-state index contributed by atoms with van der Waals surface area (Å²) >= 11 is 0. The fraction of sp³-hybridized carbons (Fsp3) is 0.694. The van der Waals surface area contributed by atoms with E-state index in [1.807, 2.05) is 65.0 Å². The molecule has 4 rings (SSSR count). The van der Waals surface area contributed by atoms with Crippen LogP contribution >= 0.6 is 0 Å². The molecular formula is C49H76N6O10. The second-order valence-corrected chi connectivity index (χ2v) is 18.8. The number of rotatable bonds is 26. The fourth-order valence-electron chi connectivity index (χ4n) is 9.90. The number of hydrogen-bond donors (Lipinski definition) is 3. The lowest BCUT2D eigenvalue weighted by molar-refractivity contribution is -0.148. The molecule has 0 spiro atoms. The van der Waals surface area contributed by atoms with Gasteiger partial charge in [0.2, 0.25) is 23.6 Å². The highest BCUT2D eigenvalue weighted by molar-refractivity contribution is 6.12. The van der Waals surface area contributed by atoms with Crippen LogP contribution < -0.4 is 10.6 Å². The van der Waals surface area contributed by atoms with E-state index < -0.39 is 59.7 Å². The minimum atomic E-state index is -1.15. The number of ether oxygens (including phenoxy) is 2. The third-order valence-corrected chi connectivity index (χ3v) is 14.1. The van der Waals surface area contributed by atoms with Gasteiger partial charge in [0, 0.05) is 52.9 Å². The number of nitrogens with zero attached hydrogens (tertiary/aromatic N) is 4. The van der Waals surface area contributed by atoms with Gasteiger partial charge in [0.15, 0.2) is 0 Å². The molecule has 3 aliphatic heterocycles. The molecule has 6 amide bonds. The van der Waals surface area contributed by atoms with Crippen LogP contribution in [-0.4, -0.2) is 155 Å². The molecule has 0 bridgehead atoms. The summed E-state index contributed by atoms with van der Waals surface area (Å²) in [5, 5.41) is 15.8. The van der Waals surface area contributed by atoms with Crippen molar-refractivity contribution in [3.05, 3.63) is 48.0 Å². The van der Waals surface area contributed by atoms with Crippen LogP contribution in [0.4, 0.5) is 0 Å². The molecule has 2 saturated heterocycles. The van der Waals surface area contributed by atoms with Crippen molar-refractivity contribution in [1.82, 2.24) is 30.2 Å². The first-order valence-electron chi connectivity index (χ1n) is 23.7. The van der Waals surface area contributed by atoms with E-state index in [4.69, 9.17) is 9.47 Å². The van der Waals surface area contributed by atoms with Gasteiger partial charge in [-0.1, -0.05) is 84.2 Å². The highest BCUT2D eigenvalue weighted by atomic mass is 16.5. The molecule has 0 aromatic heterocycles. The summed E-state index contributed by atoms with van der Waals surface area (Å²) in [6.45, 7) is 13.8. The van der Waals surface area contributed by atoms with Crippen LogP contribution in [-0.2, 0) is 49.5 Å². The Kier molecular flexibility index (Phi) is 20.2. The molecule has 2 fully saturated rings. The third kappa shape index (κ3) is 13.5. The third-order valence-electron chi connectivity index (χ3n) is 14.1. The minimum Gasteiger partial charge on any atom is -0.480 e. The molecule has 1 aromatic carbocycles. The van der Waals surface area contributed by atoms with E-state index in [0.29, 0.717) is 45.3 Å². The van der Waals surface area contributed by atoms with Gasteiger partial charge in [0.05, 0.1) is 42.2 Å². The number of carboxylic acid groups (broad SMARTS) is 1. The molecule has 0 radical (unpaired) electrons. The smallest absolute Gasteiger partial charge is 0.326 e. The van der Waals surface area contributed by atoms with E-state index in [2.05, 4.69) is 15.5 Å². The Bertz CT molecular complexity index is 1810. The number of unbranched alkanes of at least 4 members (excludes halogenated alkanes) is 3. The Balaban J connectivity index is 1.39. The lowest BCUT2D eigenvalue weighted by Crippen LogP contribution is -2.61. The molecule has 3 heterocycles. The van der Waals surface area contributed by atoms with Crippen LogP contribution in [0.25, 0.3) is 0 Å². The summed E-state index contributed by atoms with van der Waals surface area (Å²) in [5.41, 5.74) is -0.0215. The van der Waals surface area contributed by atoms with Gasteiger partial charge in [-0.05, 0) is 75.9 Å². The number of hydrogen-bond acceptors (Lipinski definition) is 10. The molecule has 1 aromatic rings. The molecule has 0 saturated carbocycles. The van der Waals surface area contributed by atoms with Crippen LogP contribution in [0.3, 0.4) is 0 Å². The van der Waals surface area contributed by atoms with Crippen molar-refractivity contribution in [3.8, 4) is 0 Å². The second kappa shape index (κ2) is 24.7. The van der Waals surface area contributed by atoms with Crippen LogP contribution in [0, 0.1) is 17.8 Å². The van der Waals surface area contributed by atoms with E-state index >= 15 is 0 Å². The number of imide groups is 1. The average molecular weight is 909 g/mol. The number of amides is 6. The predicted molar refractivity (Wildman–Crippen MR) is 246 cm³/mol. The number of carboxylic acids is 1. The zero-order chi connectivity index (χ0) is 48.0. The predicted octanol–water partition coefficient (Wildman–Crippen LogP) is 4.20. The average Bonchev–Trinajstić information content (AvgIpc) is 4.01. The zero-order valence-electron chi connectivity index (χ0n) is 40.3. The summed E-state index contributed by atoms with van der Waals surface area (Å²) < 4.78 is 12.0. The highest BCUT2D eigenvalue weighted by Crippen LogP contribution is 2.32. The lowest BCUT2D eigenvalue weighted by atomic mass is 9.89. The Morgan fingerprint density at radius 1 is 0.892 bits per heavy atom. The summed E-state index contributed by atoms with van der Waals surface area (Å²) in [6.07, 6.45) is 8.09. The summed E-state index contributed by atoms with van der Waals surface area (Å²) in [7, 11) is 4.75. The van der Waals surface area contributed by atoms with Crippen LogP contribution in [0.5, 0.6) is 0 Å². The SMILES string of the molecule is CC[C@H](C)[C@@H]([C@@H](CC(=O)N1CCC[C@H]1[C@H](OC)[C@@H](C)C(=O)N[C@@H](Cc1ccccc1)C(=O)O)OC)N(C)C(=O)[C@@H](NC(=O)[C@]1(C)CCCN1CCCCCCN1C(=O)C=CC1=O)C(C)C. The number of benzene rings is 1. The van der Waals surface area contributed by atoms with E-state index in [9.17, 15) is 38.7 Å². The number of carbonyl (C=O) groups excluding carboxylic acids is 6. The first kappa shape index (κ1) is 52.9. The topological polar surface area (TPSA) is 195 Å². The first-order valence-corrected chi connectivity index (χ1v) is 23.7. The van der Waals surface area contributed by atoms with Gasteiger partial charge < -0.3 is 35.0 Å². The quantitative estimate of drug-likeness (QED) is 0.0891. The van der Waals surface area contributed by atoms with Gasteiger partial charge >= 0.3 is 5.97 Å². The number of carbonyl (C=O) groups is 7. The number of methoxy groups -OCH3 is 2. The Morgan fingerprint density at radius 2 is 1.54 bits per heavy atom. The molecule has 16 nitrogen and oxygen atoms in total. The molecule has 3 aliphatic rings. The van der Waals surface area contributed by atoms with Gasteiger partial charge in [-0.2, -0.15) is 0 Å². The van der Waals surface area contributed by atoms with Crippen molar-refractivity contribution in [2.75, 3.05) is 47.4 Å². The van der Waals surface area contributed by atoms with Gasteiger partial charge in [0.25, 0.3) is 11.8 Å². The molecular weight excluding hydrogens is 833 g/mol. The van der Waals surface area contributed by atoms with Crippen LogP contribution in [0.15, 0.2) is 42.5 Å². The zero-order valence-corrected chi connectivity index (χ0v) is 40.3.